The van der Waals surface area contributed by atoms with Crippen LogP contribution in [0, 0.1) is 27.9 Å². The number of aromatic nitrogens is 4. The first kappa shape index (κ1) is 14.9. The smallest absolute Gasteiger partial charge is 0.362 e. The second-order valence-electron chi connectivity index (χ2n) is 7.82. The van der Waals surface area contributed by atoms with Gasteiger partial charge < -0.3 is 9.15 Å². The summed E-state index contributed by atoms with van der Waals surface area (Å²) in [6.45, 7) is 0. The van der Waals surface area contributed by atoms with Crippen LogP contribution in [0.2, 0.25) is 0 Å². The van der Waals surface area contributed by atoms with Crippen molar-refractivity contribution in [3.05, 3.63) is 16.0 Å². The lowest BCUT2D eigenvalue weighted by atomic mass is 9.49. The van der Waals surface area contributed by atoms with Gasteiger partial charge >= 0.3 is 11.6 Å². The number of aromatic amines is 1. The Morgan fingerprint density at radius 3 is 2.40 bits per heavy atom. The molecular formula is C16H19N5O4. The van der Waals surface area contributed by atoms with Gasteiger partial charge in [0.25, 0.3) is 5.89 Å². The first-order chi connectivity index (χ1) is 12.1. The number of nitrogens with zero attached hydrogens (tertiary/aromatic N) is 4. The number of nitrogens with one attached hydrogen (secondary N) is 1. The highest BCUT2D eigenvalue weighted by molar-refractivity contribution is 5.66. The van der Waals surface area contributed by atoms with E-state index in [1.807, 2.05) is 0 Å². The summed E-state index contributed by atoms with van der Waals surface area (Å²) in [5.41, 5.74) is -0.215. The van der Waals surface area contributed by atoms with Crippen molar-refractivity contribution in [1.29, 1.82) is 0 Å². The highest BCUT2D eigenvalue weighted by Crippen LogP contribution is 2.60. The highest BCUT2D eigenvalue weighted by atomic mass is 16.6. The molecule has 9 nitrogen and oxygen atoms in total. The van der Waals surface area contributed by atoms with Crippen molar-refractivity contribution in [3.8, 4) is 17.5 Å². The van der Waals surface area contributed by atoms with Gasteiger partial charge in [-0.1, -0.05) is 0 Å². The molecule has 25 heavy (non-hydrogen) atoms. The van der Waals surface area contributed by atoms with Gasteiger partial charge in [-0.15, -0.1) is 15.3 Å². The van der Waals surface area contributed by atoms with E-state index in [0.29, 0.717) is 5.89 Å². The quantitative estimate of drug-likeness (QED) is 0.668. The minimum atomic E-state index is -0.549. The second kappa shape index (κ2) is 5.03. The van der Waals surface area contributed by atoms with E-state index in [1.165, 1.54) is 26.4 Å². The fourth-order valence-electron chi connectivity index (χ4n) is 5.69. The summed E-state index contributed by atoms with van der Waals surface area (Å²) in [5.74, 6) is 2.90. The largest absolute Gasteiger partial charge is 0.475 e. The van der Waals surface area contributed by atoms with E-state index < -0.39 is 4.92 Å². The Balaban J connectivity index is 1.53. The van der Waals surface area contributed by atoms with Crippen LogP contribution in [-0.4, -0.2) is 32.4 Å². The van der Waals surface area contributed by atoms with E-state index in [9.17, 15) is 10.1 Å². The van der Waals surface area contributed by atoms with Crippen LogP contribution < -0.4 is 4.74 Å². The Labute approximate surface area is 143 Å². The number of H-pyrrole nitrogens is 1. The van der Waals surface area contributed by atoms with Gasteiger partial charge in [-0.05, 0) is 56.3 Å². The van der Waals surface area contributed by atoms with Gasteiger partial charge in [0, 0.05) is 5.41 Å². The van der Waals surface area contributed by atoms with Crippen molar-refractivity contribution < 1.29 is 14.1 Å². The fourth-order valence-corrected chi connectivity index (χ4v) is 5.69. The zero-order valence-electron chi connectivity index (χ0n) is 13.9. The summed E-state index contributed by atoms with van der Waals surface area (Å²) in [6, 6.07) is 0. The molecule has 1 N–H and O–H groups in total. The van der Waals surface area contributed by atoms with Crippen LogP contribution in [0.15, 0.2) is 4.42 Å². The molecule has 4 fully saturated rings. The predicted octanol–water partition coefficient (Wildman–Crippen LogP) is 2.84. The van der Waals surface area contributed by atoms with Gasteiger partial charge in [-0.25, -0.2) is 0 Å². The van der Waals surface area contributed by atoms with Crippen LogP contribution >= 0.6 is 0 Å². The van der Waals surface area contributed by atoms with E-state index in [2.05, 4.69) is 20.4 Å². The highest BCUT2D eigenvalue weighted by Gasteiger charge is 2.54. The van der Waals surface area contributed by atoms with E-state index in [0.717, 1.165) is 37.0 Å². The van der Waals surface area contributed by atoms with Gasteiger partial charge in [-0.2, -0.15) is 0 Å². The zero-order valence-corrected chi connectivity index (χ0v) is 13.9. The molecule has 4 aliphatic carbocycles. The lowest BCUT2D eigenvalue weighted by Crippen LogP contribution is -2.48. The molecule has 2 aromatic heterocycles. The normalized spacial score (nSPS) is 32.9. The van der Waals surface area contributed by atoms with E-state index in [-0.39, 0.29) is 28.6 Å². The molecule has 0 atom stereocenters. The summed E-state index contributed by atoms with van der Waals surface area (Å²) in [6.07, 6.45) is 7.25. The molecule has 0 aliphatic heterocycles. The predicted molar refractivity (Wildman–Crippen MR) is 84.9 cm³/mol. The van der Waals surface area contributed by atoms with Gasteiger partial charge in [0.1, 0.15) is 0 Å². The molecule has 0 amide bonds. The van der Waals surface area contributed by atoms with Crippen LogP contribution in [0.1, 0.15) is 44.4 Å². The van der Waals surface area contributed by atoms with Crippen molar-refractivity contribution in [3.63, 3.8) is 0 Å². The van der Waals surface area contributed by atoms with E-state index in [1.54, 1.807) is 0 Å². The number of methoxy groups -OCH3 is 1. The molecule has 9 heteroatoms. The summed E-state index contributed by atoms with van der Waals surface area (Å²) in [4.78, 5) is 10.8. The summed E-state index contributed by atoms with van der Waals surface area (Å²) in [7, 11) is 1.33. The van der Waals surface area contributed by atoms with Crippen molar-refractivity contribution in [2.75, 3.05) is 7.11 Å². The summed E-state index contributed by atoms with van der Waals surface area (Å²) in [5, 5.41) is 26.1. The molecule has 6 rings (SSSR count). The third-order valence-electron chi connectivity index (χ3n) is 6.22. The third kappa shape index (κ3) is 2.11. The van der Waals surface area contributed by atoms with Gasteiger partial charge in [0.2, 0.25) is 11.6 Å². The minimum absolute atomic E-state index is 0.0428. The Bertz CT molecular complexity index is 806. The number of hydrogen-bond acceptors (Lipinski definition) is 7. The zero-order chi connectivity index (χ0) is 17.2. The van der Waals surface area contributed by atoms with Crippen LogP contribution in [0.3, 0.4) is 0 Å². The van der Waals surface area contributed by atoms with Crippen LogP contribution in [0.4, 0.5) is 5.69 Å². The third-order valence-corrected chi connectivity index (χ3v) is 6.22. The Hall–Kier alpha value is -2.45. The molecule has 0 saturated heterocycles. The molecule has 132 valence electrons. The first-order valence-electron chi connectivity index (χ1n) is 8.69. The number of rotatable bonds is 4. The monoisotopic (exact) mass is 345 g/mol. The lowest BCUT2D eigenvalue weighted by molar-refractivity contribution is -0.385. The Morgan fingerprint density at radius 2 is 1.84 bits per heavy atom. The van der Waals surface area contributed by atoms with Crippen LogP contribution in [0.25, 0.3) is 11.6 Å². The molecule has 0 unspecified atom stereocenters. The average Bonchev–Trinajstić information content (AvgIpc) is 3.20. The van der Waals surface area contributed by atoms with Gasteiger partial charge in [0.15, 0.2) is 0 Å². The molecule has 4 saturated carbocycles. The Kier molecular flexibility index (Phi) is 2.99. The molecule has 2 heterocycles. The summed E-state index contributed by atoms with van der Waals surface area (Å²) < 4.78 is 10.9. The van der Waals surface area contributed by atoms with Crippen LogP contribution in [0.5, 0.6) is 5.88 Å². The standard InChI is InChI=1S/C16H19N5O4/c1-24-14-12(21(22)23)11(17-19-14)13-18-20-15(25-13)16-5-8-2-9(6-16)4-10(3-8)7-16/h8-10H,2-7H2,1H3,(H,17,19). The first-order valence-corrected chi connectivity index (χ1v) is 8.69. The number of nitro groups is 1. The number of hydrogen-bond donors (Lipinski definition) is 1. The topological polar surface area (TPSA) is 120 Å². The van der Waals surface area contributed by atoms with Gasteiger partial charge in [0.05, 0.1) is 12.0 Å². The van der Waals surface area contributed by atoms with Crippen LogP contribution in [-0.2, 0) is 5.41 Å². The summed E-state index contributed by atoms with van der Waals surface area (Å²) >= 11 is 0. The maximum absolute atomic E-state index is 11.3. The maximum atomic E-state index is 11.3. The van der Waals surface area contributed by atoms with Gasteiger partial charge in [-0.3, -0.25) is 15.2 Å². The SMILES string of the molecule is COc1n[nH]c(-c2nnc(C34CC5CC(CC(C5)C3)C4)o2)c1[N+](=O)[O-]. The van der Waals surface area contributed by atoms with E-state index >= 15 is 0 Å². The van der Waals surface area contributed by atoms with Crippen molar-refractivity contribution >= 4 is 5.69 Å². The molecule has 4 aliphatic rings. The molecule has 4 bridgehead atoms. The Morgan fingerprint density at radius 1 is 1.20 bits per heavy atom. The lowest BCUT2D eigenvalue weighted by Gasteiger charge is -2.55. The number of ether oxygens (including phenoxy) is 1. The molecular weight excluding hydrogens is 326 g/mol. The minimum Gasteiger partial charge on any atom is -0.475 e. The molecule has 0 aromatic carbocycles. The fraction of sp³-hybridized carbons (Fsp3) is 0.688. The second-order valence-corrected chi connectivity index (χ2v) is 7.82. The molecule has 2 aromatic rings. The van der Waals surface area contributed by atoms with E-state index in [4.69, 9.17) is 9.15 Å². The molecule has 0 radical (unpaired) electrons. The maximum Gasteiger partial charge on any atom is 0.362 e. The van der Waals surface area contributed by atoms with Crippen molar-refractivity contribution in [1.82, 2.24) is 20.4 Å². The molecule has 0 spiro atoms. The van der Waals surface area contributed by atoms with Crippen molar-refractivity contribution in [2.45, 2.75) is 43.9 Å². The van der Waals surface area contributed by atoms with Crippen molar-refractivity contribution in [2.24, 2.45) is 17.8 Å². The average molecular weight is 345 g/mol.